The van der Waals surface area contributed by atoms with E-state index in [2.05, 4.69) is 0 Å². The highest BCUT2D eigenvalue weighted by Gasteiger charge is 2.11. The molecular weight excluding hydrogens is 282 g/mol. The van der Waals surface area contributed by atoms with Gasteiger partial charge in [0.25, 0.3) is 0 Å². The van der Waals surface area contributed by atoms with Crippen molar-refractivity contribution in [2.45, 2.75) is 11.3 Å². The van der Waals surface area contributed by atoms with Gasteiger partial charge in [0.1, 0.15) is 17.4 Å². The largest absolute Gasteiger partial charge is 0.298 e. The van der Waals surface area contributed by atoms with Gasteiger partial charge in [0, 0.05) is 11.3 Å². The van der Waals surface area contributed by atoms with Gasteiger partial charge in [0.15, 0.2) is 0 Å². The van der Waals surface area contributed by atoms with Crippen molar-refractivity contribution in [3.8, 4) is 0 Å². The minimum absolute atomic E-state index is 0.104. The number of Topliss-reactive ketones (excluding diaryl/α,β-unsaturated/α-hetero) is 1. The predicted molar refractivity (Wildman–Crippen MR) is 72.8 cm³/mol. The summed E-state index contributed by atoms with van der Waals surface area (Å²) in [6.07, 6.45) is 0.104. The van der Waals surface area contributed by atoms with Crippen LogP contribution >= 0.6 is 0 Å². The van der Waals surface area contributed by atoms with Gasteiger partial charge in [-0.25, -0.2) is 8.78 Å². The zero-order chi connectivity index (χ0) is 14.5. The van der Waals surface area contributed by atoms with Crippen LogP contribution in [-0.4, -0.2) is 15.7 Å². The van der Waals surface area contributed by atoms with Crippen molar-refractivity contribution in [3.05, 3.63) is 65.7 Å². The van der Waals surface area contributed by atoms with Crippen LogP contribution in [0.4, 0.5) is 8.78 Å². The van der Waals surface area contributed by atoms with Gasteiger partial charge in [-0.2, -0.15) is 0 Å². The van der Waals surface area contributed by atoms with Crippen LogP contribution in [0.15, 0.2) is 53.4 Å². The number of carbonyl (C=O) groups excluding carboxylic acids is 1. The molecule has 0 radical (unpaired) electrons. The Morgan fingerprint density at radius 1 is 0.900 bits per heavy atom. The first kappa shape index (κ1) is 14.5. The average Bonchev–Trinajstić information content (AvgIpc) is 2.42. The number of carbonyl (C=O) groups is 1. The van der Waals surface area contributed by atoms with Crippen molar-refractivity contribution < 1.29 is 17.8 Å². The van der Waals surface area contributed by atoms with Gasteiger partial charge in [0.05, 0.1) is 16.6 Å². The van der Waals surface area contributed by atoms with Crippen LogP contribution in [0.2, 0.25) is 0 Å². The molecule has 0 aliphatic rings. The lowest BCUT2D eigenvalue weighted by Crippen LogP contribution is -2.13. The van der Waals surface area contributed by atoms with E-state index in [1.54, 1.807) is 0 Å². The third-order valence-corrected chi connectivity index (χ3v) is 4.07. The highest BCUT2D eigenvalue weighted by Crippen LogP contribution is 2.10. The molecule has 0 aromatic heterocycles. The molecule has 2 nitrogen and oxygen atoms in total. The molecule has 0 saturated carbocycles. The molecular formula is C15H12F2O2S. The summed E-state index contributed by atoms with van der Waals surface area (Å²) in [5.41, 5.74) is 0.674. The van der Waals surface area contributed by atoms with Crippen molar-refractivity contribution >= 4 is 16.6 Å². The maximum Gasteiger partial charge on any atom is 0.150 e. The van der Waals surface area contributed by atoms with Crippen LogP contribution < -0.4 is 0 Å². The minimum atomic E-state index is -1.49. The Labute approximate surface area is 117 Å². The van der Waals surface area contributed by atoms with Gasteiger partial charge in [-0.15, -0.1) is 0 Å². The molecule has 0 aliphatic carbocycles. The van der Waals surface area contributed by atoms with Crippen LogP contribution in [-0.2, 0) is 22.0 Å². The molecule has 5 heteroatoms. The summed E-state index contributed by atoms with van der Waals surface area (Å²) >= 11 is 0. The van der Waals surface area contributed by atoms with Gasteiger partial charge in [-0.3, -0.25) is 9.00 Å². The van der Waals surface area contributed by atoms with E-state index in [4.69, 9.17) is 0 Å². The molecule has 0 N–H and O–H groups in total. The zero-order valence-electron chi connectivity index (χ0n) is 10.5. The van der Waals surface area contributed by atoms with Crippen LogP contribution in [0.25, 0.3) is 0 Å². The summed E-state index contributed by atoms with van der Waals surface area (Å²) in [4.78, 5) is 12.2. The molecule has 2 aromatic carbocycles. The van der Waals surface area contributed by atoms with E-state index < -0.39 is 16.6 Å². The first-order chi connectivity index (χ1) is 9.54. The number of halogens is 2. The summed E-state index contributed by atoms with van der Waals surface area (Å²) in [7, 11) is -1.49. The third-order valence-electron chi connectivity index (χ3n) is 2.68. The Balaban J connectivity index is 1.95. The van der Waals surface area contributed by atoms with E-state index in [1.807, 2.05) is 0 Å². The van der Waals surface area contributed by atoms with E-state index in [0.717, 1.165) is 0 Å². The SMILES string of the molecule is O=C(Cc1ccc(F)cc1)CS(=O)c1ccc(F)cc1. The van der Waals surface area contributed by atoms with Crippen molar-refractivity contribution in [2.75, 3.05) is 5.75 Å². The summed E-state index contributed by atoms with van der Waals surface area (Å²) in [6.45, 7) is 0. The summed E-state index contributed by atoms with van der Waals surface area (Å²) in [5, 5.41) is 0. The second-order valence-corrected chi connectivity index (χ2v) is 5.74. The first-order valence-electron chi connectivity index (χ1n) is 5.94. The molecule has 20 heavy (non-hydrogen) atoms. The standard InChI is InChI=1S/C15H12F2O2S/c16-12-3-1-11(2-4-12)9-14(18)10-20(19)15-7-5-13(17)6-8-15/h1-8H,9-10H2. The van der Waals surface area contributed by atoms with E-state index in [0.29, 0.717) is 10.5 Å². The van der Waals surface area contributed by atoms with E-state index in [1.165, 1.54) is 48.5 Å². The molecule has 0 bridgehead atoms. The van der Waals surface area contributed by atoms with Crippen molar-refractivity contribution in [1.82, 2.24) is 0 Å². The van der Waals surface area contributed by atoms with Gasteiger partial charge in [-0.05, 0) is 42.0 Å². The van der Waals surface area contributed by atoms with Gasteiger partial charge >= 0.3 is 0 Å². The molecule has 0 amide bonds. The quantitative estimate of drug-likeness (QED) is 0.849. The van der Waals surface area contributed by atoms with Crippen molar-refractivity contribution in [3.63, 3.8) is 0 Å². The first-order valence-corrected chi connectivity index (χ1v) is 7.26. The lowest BCUT2D eigenvalue weighted by molar-refractivity contribution is -0.116. The maximum absolute atomic E-state index is 12.7. The minimum Gasteiger partial charge on any atom is -0.298 e. The molecule has 0 saturated heterocycles. The molecule has 0 aliphatic heterocycles. The summed E-state index contributed by atoms with van der Waals surface area (Å²) in [6, 6.07) is 10.8. The van der Waals surface area contributed by atoms with Crippen molar-refractivity contribution in [2.24, 2.45) is 0 Å². The molecule has 2 rings (SSSR count). The average molecular weight is 294 g/mol. The third kappa shape index (κ3) is 4.06. The topological polar surface area (TPSA) is 34.1 Å². The Morgan fingerprint density at radius 3 is 1.95 bits per heavy atom. The molecule has 2 aromatic rings. The van der Waals surface area contributed by atoms with E-state index in [9.17, 15) is 17.8 Å². The molecule has 0 heterocycles. The van der Waals surface area contributed by atoms with Gasteiger partial charge < -0.3 is 0 Å². The fraction of sp³-hybridized carbons (Fsp3) is 0.133. The summed E-state index contributed by atoms with van der Waals surface area (Å²) < 4.78 is 37.4. The second kappa shape index (κ2) is 6.52. The van der Waals surface area contributed by atoms with Gasteiger partial charge in [0.2, 0.25) is 0 Å². The predicted octanol–water partition coefficient (Wildman–Crippen LogP) is 2.88. The van der Waals surface area contributed by atoms with Crippen molar-refractivity contribution in [1.29, 1.82) is 0 Å². The highest BCUT2D eigenvalue weighted by molar-refractivity contribution is 7.85. The Morgan fingerprint density at radius 2 is 1.40 bits per heavy atom. The molecule has 0 spiro atoms. The van der Waals surface area contributed by atoms with Crippen LogP contribution in [0.5, 0.6) is 0 Å². The van der Waals surface area contributed by atoms with E-state index in [-0.39, 0.29) is 23.8 Å². The number of benzene rings is 2. The summed E-state index contributed by atoms with van der Waals surface area (Å²) in [5.74, 6) is -1.12. The van der Waals surface area contributed by atoms with Crippen LogP contribution in [0, 0.1) is 11.6 Å². The molecule has 104 valence electrons. The Hall–Kier alpha value is -1.88. The van der Waals surface area contributed by atoms with Gasteiger partial charge in [-0.1, -0.05) is 12.1 Å². The number of hydrogen-bond donors (Lipinski definition) is 0. The highest BCUT2D eigenvalue weighted by atomic mass is 32.2. The Kier molecular flexibility index (Phi) is 4.74. The Bertz CT molecular complexity index is 621. The lowest BCUT2D eigenvalue weighted by Gasteiger charge is -2.03. The molecule has 0 fully saturated rings. The second-order valence-electron chi connectivity index (χ2n) is 4.29. The molecule has 1 unspecified atom stereocenters. The monoisotopic (exact) mass is 294 g/mol. The van der Waals surface area contributed by atoms with Crippen LogP contribution in [0.3, 0.4) is 0 Å². The fourth-order valence-electron chi connectivity index (χ4n) is 1.70. The lowest BCUT2D eigenvalue weighted by atomic mass is 10.1. The normalized spacial score (nSPS) is 12.1. The fourth-order valence-corrected chi connectivity index (χ4v) is 2.70. The maximum atomic E-state index is 12.7. The number of rotatable bonds is 5. The van der Waals surface area contributed by atoms with Crippen LogP contribution in [0.1, 0.15) is 5.56 Å². The smallest absolute Gasteiger partial charge is 0.150 e. The zero-order valence-corrected chi connectivity index (χ0v) is 11.3. The number of hydrogen-bond acceptors (Lipinski definition) is 2. The van der Waals surface area contributed by atoms with E-state index >= 15 is 0 Å². The molecule has 1 atom stereocenters. The number of ketones is 1.